The summed E-state index contributed by atoms with van der Waals surface area (Å²) in [5, 5.41) is 16.5. The SMILES string of the molecule is N=C(N)c1cccc(CN2CCC(NS(=O)(=O)c3cc(Cl)cs3)C2=O)c1.O=C(O)C(F)(F)F. The molecule has 0 aliphatic carbocycles. The number of halogens is 4. The Labute approximate surface area is 195 Å². The Morgan fingerprint density at radius 3 is 2.52 bits per heavy atom. The van der Waals surface area contributed by atoms with E-state index in [0.29, 0.717) is 30.1 Å². The van der Waals surface area contributed by atoms with E-state index in [4.69, 9.17) is 32.6 Å². The van der Waals surface area contributed by atoms with Crippen molar-refractivity contribution in [2.24, 2.45) is 5.73 Å². The molecule has 1 aromatic carbocycles. The van der Waals surface area contributed by atoms with Crippen LogP contribution < -0.4 is 10.5 Å². The van der Waals surface area contributed by atoms with E-state index in [1.807, 2.05) is 6.07 Å². The largest absolute Gasteiger partial charge is 0.490 e. The second-order valence-electron chi connectivity index (χ2n) is 6.72. The number of rotatable bonds is 6. The van der Waals surface area contributed by atoms with Gasteiger partial charge in [0.05, 0.1) is 5.02 Å². The highest BCUT2D eigenvalue weighted by Crippen LogP contribution is 2.25. The highest BCUT2D eigenvalue weighted by Gasteiger charge is 2.38. The molecule has 1 saturated heterocycles. The van der Waals surface area contributed by atoms with Gasteiger partial charge in [0.2, 0.25) is 5.91 Å². The van der Waals surface area contributed by atoms with Crippen LogP contribution in [0.3, 0.4) is 0 Å². The quantitative estimate of drug-likeness (QED) is 0.335. The van der Waals surface area contributed by atoms with Crippen LogP contribution in [0.15, 0.2) is 39.9 Å². The lowest BCUT2D eigenvalue weighted by Crippen LogP contribution is -2.41. The van der Waals surface area contributed by atoms with Gasteiger partial charge in [0.25, 0.3) is 10.0 Å². The van der Waals surface area contributed by atoms with E-state index in [1.165, 1.54) is 11.4 Å². The van der Waals surface area contributed by atoms with Gasteiger partial charge in [-0.15, -0.1) is 11.3 Å². The van der Waals surface area contributed by atoms with Crippen molar-refractivity contribution in [3.63, 3.8) is 0 Å². The Morgan fingerprint density at radius 2 is 2.00 bits per heavy atom. The first-order chi connectivity index (χ1) is 15.2. The molecule has 1 amide bonds. The number of nitrogens with zero attached hydrogens (tertiary/aromatic N) is 1. The van der Waals surface area contributed by atoms with Crippen molar-refractivity contribution in [1.29, 1.82) is 5.41 Å². The van der Waals surface area contributed by atoms with Crippen LogP contribution in [-0.2, 0) is 26.2 Å². The average Bonchev–Trinajstić information content (AvgIpc) is 3.29. The Hall–Kier alpha value is -2.68. The van der Waals surface area contributed by atoms with Crippen molar-refractivity contribution < 1.29 is 36.3 Å². The molecule has 1 atom stereocenters. The smallest absolute Gasteiger partial charge is 0.475 e. The van der Waals surface area contributed by atoms with Gasteiger partial charge in [0.1, 0.15) is 16.1 Å². The van der Waals surface area contributed by atoms with Crippen LogP contribution in [0, 0.1) is 5.41 Å². The van der Waals surface area contributed by atoms with E-state index in [9.17, 15) is 26.4 Å². The fraction of sp³-hybridized carbons (Fsp3) is 0.278. The Kier molecular flexibility index (Phi) is 8.46. The summed E-state index contributed by atoms with van der Waals surface area (Å²) in [4.78, 5) is 23.0. The monoisotopic (exact) mass is 526 g/mol. The number of carboxylic acids is 1. The number of carboxylic acid groups (broad SMARTS) is 1. The van der Waals surface area contributed by atoms with Crippen LogP contribution in [0.5, 0.6) is 0 Å². The number of nitrogens with one attached hydrogen (secondary N) is 2. The first-order valence-electron chi connectivity index (χ1n) is 8.99. The van der Waals surface area contributed by atoms with Crippen LogP contribution in [0.1, 0.15) is 17.5 Å². The molecule has 33 heavy (non-hydrogen) atoms. The molecule has 5 N–H and O–H groups in total. The molecule has 0 bridgehead atoms. The topological polar surface area (TPSA) is 154 Å². The number of amides is 1. The molecule has 0 spiro atoms. The molecule has 1 aliphatic heterocycles. The molecule has 2 aromatic rings. The van der Waals surface area contributed by atoms with Crippen LogP contribution in [-0.4, -0.2) is 54.9 Å². The number of alkyl halides is 3. The van der Waals surface area contributed by atoms with Gasteiger partial charge in [-0.2, -0.15) is 17.9 Å². The van der Waals surface area contributed by atoms with E-state index in [1.54, 1.807) is 23.1 Å². The van der Waals surface area contributed by atoms with E-state index < -0.39 is 28.2 Å². The molecule has 0 saturated carbocycles. The molecule has 0 radical (unpaired) electrons. The van der Waals surface area contributed by atoms with Crippen molar-refractivity contribution in [3.05, 3.63) is 51.9 Å². The zero-order chi connectivity index (χ0) is 25.0. The predicted octanol–water partition coefficient (Wildman–Crippen LogP) is 2.40. The first-order valence-corrected chi connectivity index (χ1v) is 11.7. The van der Waals surface area contributed by atoms with Crippen LogP contribution in [0.4, 0.5) is 13.2 Å². The summed E-state index contributed by atoms with van der Waals surface area (Å²) in [5.74, 6) is -3.07. The fourth-order valence-corrected chi connectivity index (χ4v) is 5.39. The minimum atomic E-state index is -5.08. The van der Waals surface area contributed by atoms with Crippen molar-refractivity contribution in [1.82, 2.24) is 9.62 Å². The number of carbonyl (C=O) groups excluding carboxylic acids is 1. The summed E-state index contributed by atoms with van der Waals surface area (Å²) < 4.78 is 59.0. The summed E-state index contributed by atoms with van der Waals surface area (Å²) in [6, 6.07) is 7.65. The lowest BCUT2D eigenvalue weighted by atomic mass is 10.1. The molecule has 1 unspecified atom stereocenters. The van der Waals surface area contributed by atoms with Gasteiger partial charge < -0.3 is 15.7 Å². The predicted molar refractivity (Wildman–Crippen MR) is 115 cm³/mol. The second-order valence-corrected chi connectivity index (χ2v) is 10.0. The van der Waals surface area contributed by atoms with Gasteiger partial charge in [0, 0.05) is 24.0 Å². The van der Waals surface area contributed by atoms with Crippen molar-refractivity contribution in [2.45, 2.75) is 29.4 Å². The molecular formula is C18H18ClF3N4O5S2. The summed E-state index contributed by atoms with van der Waals surface area (Å²) >= 11 is 6.79. The number of nitrogens with two attached hydrogens (primary N) is 1. The average molecular weight is 527 g/mol. The van der Waals surface area contributed by atoms with Gasteiger partial charge in [-0.05, 0) is 24.1 Å². The number of aliphatic carboxylic acids is 1. The molecule has 180 valence electrons. The Balaban J connectivity index is 0.000000479. The molecule has 9 nitrogen and oxygen atoms in total. The Morgan fingerprint density at radius 1 is 1.36 bits per heavy atom. The van der Waals surface area contributed by atoms with E-state index in [-0.39, 0.29) is 16.0 Å². The third-order valence-corrected chi connectivity index (χ3v) is 7.52. The van der Waals surface area contributed by atoms with Gasteiger partial charge in [0.15, 0.2) is 0 Å². The molecule has 15 heteroatoms. The molecule has 3 rings (SSSR count). The van der Waals surface area contributed by atoms with Gasteiger partial charge in [-0.3, -0.25) is 10.2 Å². The lowest BCUT2D eigenvalue weighted by molar-refractivity contribution is -0.192. The second kappa shape index (κ2) is 10.5. The fourth-order valence-electron chi connectivity index (χ4n) is 2.74. The van der Waals surface area contributed by atoms with Gasteiger partial charge in [-0.1, -0.05) is 29.8 Å². The van der Waals surface area contributed by atoms with Crippen LogP contribution in [0.25, 0.3) is 0 Å². The number of sulfonamides is 1. The maximum absolute atomic E-state index is 12.6. The van der Waals surface area contributed by atoms with Crippen molar-refractivity contribution >= 4 is 50.7 Å². The summed E-state index contributed by atoms with van der Waals surface area (Å²) in [7, 11) is -3.78. The summed E-state index contributed by atoms with van der Waals surface area (Å²) in [6.07, 6.45) is -4.69. The number of hydrogen-bond donors (Lipinski definition) is 4. The molecule has 1 aromatic heterocycles. The maximum atomic E-state index is 12.6. The van der Waals surface area contributed by atoms with E-state index >= 15 is 0 Å². The van der Waals surface area contributed by atoms with Crippen LogP contribution in [0.2, 0.25) is 5.02 Å². The zero-order valence-electron chi connectivity index (χ0n) is 16.6. The third-order valence-electron chi connectivity index (χ3n) is 4.26. The lowest BCUT2D eigenvalue weighted by Gasteiger charge is -2.17. The highest BCUT2D eigenvalue weighted by atomic mass is 35.5. The molecule has 1 aliphatic rings. The minimum Gasteiger partial charge on any atom is -0.475 e. The number of likely N-dealkylation sites (tertiary alicyclic amines) is 1. The number of thiophene rings is 1. The summed E-state index contributed by atoms with van der Waals surface area (Å²) in [5.41, 5.74) is 6.90. The summed E-state index contributed by atoms with van der Waals surface area (Å²) in [6.45, 7) is 0.782. The van der Waals surface area contributed by atoms with Crippen molar-refractivity contribution in [3.8, 4) is 0 Å². The Bertz CT molecular complexity index is 1150. The number of carbonyl (C=O) groups is 2. The third kappa shape index (κ3) is 7.42. The number of hydrogen-bond acceptors (Lipinski definition) is 6. The van der Waals surface area contributed by atoms with Gasteiger partial charge >= 0.3 is 12.1 Å². The molecular weight excluding hydrogens is 509 g/mol. The number of benzene rings is 1. The van der Waals surface area contributed by atoms with Crippen molar-refractivity contribution in [2.75, 3.05) is 6.54 Å². The highest BCUT2D eigenvalue weighted by molar-refractivity contribution is 7.91. The number of nitrogen functional groups attached to an aromatic ring is 1. The maximum Gasteiger partial charge on any atom is 0.490 e. The van der Waals surface area contributed by atoms with E-state index in [2.05, 4.69) is 4.72 Å². The molecule has 1 fully saturated rings. The minimum absolute atomic E-state index is 0.0418. The number of amidine groups is 1. The van der Waals surface area contributed by atoms with Crippen LogP contribution >= 0.6 is 22.9 Å². The van der Waals surface area contributed by atoms with Gasteiger partial charge in [-0.25, -0.2) is 13.2 Å². The standard InChI is InChI=1S/C16H17ClN4O3S2.C2HF3O2/c17-12-7-14(25-9-12)26(23,24)20-13-4-5-21(16(13)22)8-10-2-1-3-11(6-10)15(18)19;3-2(4,5)1(6)7/h1-3,6-7,9,13,20H,4-5,8H2,(H3,18,19);(H,6,7). The van der Waals surface area contributed by atoms with E-state index in [0.717, 1.165) is 16.9 Å². The normalized spacial score (nSPS) is 16.3. The zero-order valence-corrected chi connectivity index (χ0v) is 19.0. The first kappa shape index (κ1) is 26.6. The molecule has 2 heterocycles.